The van der Waals surface area contributed by atoms with Crippen LogP contribution < -0.4 is 10.5 Å². The molecule has 2 unspecified atom stereocenters. The fraction of sp³-hybridized carbons (Fsp3) is 0.650. The largest absolute Gasteiger partial charge is 0.488 e. The number of ether oxygens (including phenoxy) is 2. The maximum atomic E-state index is 14.4. The standard InChI is InChI=1S/C40H60FN6O8P/c1-3-4-5-6-7-8-9-10-11-12-13-14-15-16-17-18-19-20-33(55-32-22-21-31(26-42)34(41)25-32)27-53-56(50,51)54-29-40(28-43,52-2)38(49)37(48)35-23-24-36-39(44)45-30-46-47(35)36/h21-25,30,33,37-38,48-49H,3-20,27,29H2,1-2H3,(H,50,51)(H2,44,45,46)/t33-,37+,38+,40?/m1/s1. The molecule has 0 amide bonds. The van der Waals surface area contributed by atoms with E-state index in [1.807, 2.05) is 0 Å². The van der Waals surface area contributed by atoms with Crippen LogP contribution in [0, 0.1) is 28.5 Å². The van der Waals surface area contributed by atoms with Gasteiger partial charge in [0.25, 0.3) is 0 Å². The number of nitrogen functional groups attached to an aromatic ring is 1. The summed E-state index contributed by atoms with van der Waals surface area (Å²) in [6.45, 7) is 0.831. The van der Waals surface area contributed by atoms with E-state index in [-0.39, 0.29) is 22.8 Å². The number of nitrogens with two attached hydrogens (primary N) is 1. The first-order valence-corrected chi connectivity index (χ1v) is 21.4. The third kappa shape index (κ3) is 15.0. The molecule has 0 aliphatic carbocycles. The van der Waals surface area contributed by atoms with Gasteiger partial charge in [0.15, 0.2) is 5.82 Å². The third-order valence-electron chi connectivity index (χ3n) is 10.0. The molecular weight excluding hydrogens is 742 g/mol. The summed E-state index contributed by atoms with van der Waals surface area (Å²) in [6, 6.07) is 10.2. The van der Waals surface area contributed by atoms with Crippen LogP contribution in [0.2, 0.25) is 0 Å². The van der Waals surface area contributed by atoms with Gasteiger partial charge in [-0.1, -0.05) is 110 Å². The van der Waals surface area contributed by atoms with Gasteiger partial charge in [0.2, 0.25) is 5.60 Å². The van der Waals surface area contributed by atoms with E-state index in [2.05, 4.69) is 17.0 Å². The summed E-state index contributed by atoms with van der Waals surface area (Å²) >= 11 is 0. The molecule has 2 heterocycles. The molecule has 3 aromatic rings. The van der Waals surface area contributed by atoms with Crippen LogP contribution in [0.1, 0.15) is 140 Å². The lowest BCUT2D eigenvalue weighted by molar-refractivity contribution is -0.134. The zero-order valence-corrected chi connectivity index (χ0v) is 33.8. The van der Waals surface area contributed by atoms with Crippen molar-refractivity contribution in [2.45, 2.75) is 146 Å². The molecule has 5 atom stereocenters. The highest BCUT2D eigenvalue weighted by atomic mass is 31.2. The van der Waals surface area contributed by atoms with Gasteiger partial charge in [-0.3, -0.25) is 9.05 Å². The first kappa shape index (κ1) is 46.7. The maximum absolute atomic E-state index is 14.4. The number of hydrogen-bond donors (Lipinski definition) is 4. The van der Waals surface area contributed by atoms with Crippen molar-refractivity contribution in [2.24, 2.45) is 0 Å². The number of methoxy groups -OCH3 is 1. The molecule has 2 aromatic heterocycles. The van der Waals surface area contributed by atoms with Gasteiger partial charge in [-0.2, -0.15) is 15.6 Å². The highest BCUT2D eigenvalue weighted by Gasteiger charge is 2.46. The summed E-state index contributed by atoms with van der Waals surface area (Å²) in [4.78, 5) is 14.5. The number of phosphoric ester groups is 1. The molecule has 0 fully saturated rings. The number of aromatic nitrogens is 3. The predicted molar refractivity (Wildman–Crippen MR) is 210 cm³/mol. The molecule has 310 valence electrons. The number of fused-ring (bicyclic) bond motifs is 1. The third-order valence-corrected chi connectivity index (χ3v) is 10.9. The van der Waals surface area contributed by atoms with Crippen LogP contribution >= 0.6 is 7.82 Å². The molecule has 5 N–H and O–H groups in total. The number of nitriles is 2. The van der Waals surface area contributed by atoms with Crippen LogP contribution in [0.15, 0.2) is 36.7 Å². The van der Waals surface area contributed by atoms with Crippen LogP contribution in [0.4, 0.5) is 10.2 Å². The van der Waals surface area contributed by atoms with Crippen molar-refractivity contribution in [1.82, 2.24) is 14.6 Å². The van der Waals surface area contributed by atoms with Gasteiger partial charge in [0.05, 0.1) is 17.9 Å². The van der Waals surface area contributed by atoms with Crippen LogP contribution in [-0.4, -0.2) is 67.8 Å². The minimum absolute atomic E-state index is 0.0466. The van der Waals surface area contributed by atoms with Gasteiger partial charge in [0.1, 0.15) is 60.5 Å². The Morgan fingerprint density at radius 1 is 0.911 bits per heavy atom. The number of phosphoric acid groups is 1. The quantitative estimate of drug-likeness (QED) is 0.0369. The average Bonchev–Trinajstić information content (AvgIpc) is 3.64. The molecule has 0 saturated carbocycles. The Morgan fingerprint density at radius 3 is 2.04 bits per heavy atom. The molecule has 0 spiro atoms. The van der Waals surface area contributed by atoms with Crippen molar-refractivity contribution >= 4 is 19.2 Å². The fourth-order valence-corrected chi connectivity index (χ4v) is 7.32. The summed E-state index contributed by atoms with van der Waals surface area (Å²) in [5, 5.41) is 45.2. The molecular formula is C40H60FN6O8P. The fourth-order valence-electron chi connectivity index (χ4n) is 6.54. The lowest BCUT2D eigenvalue weighted by Gasteiger charge is -2.33. The highest BCUT2D eigenvalue weighted by Crippen LogP contribution is 2.45. The number of aliphatic hydroxyl groups excluding tert-OH is 2. The van der Waals surface area contributed by atoms with Gasteiger partial charge in [-0.05, 0) is 37.1 Å². The van der Waals surface area contributed by atoms with Crippen molar-refractivity contribution < 1.29 is 42.6 Å². The lowest BCUT2D eigenvalue weighted by Crippen LogP contribution is -2.50. The summed E-state index contributed by atoms with van der Waals surface area (Å²) in [6.07, 6.45) is 17.7. The highest BCUT2D eigenvalue weighted by molar-refractivity contribution is 7.47. The van der Waals surface area contributed by atoms with Crippen molar-refractivity contribution in [3.63, 3.8) is 0 Å². The van der Waals surface area contributed by atoms with Crippen molar-refractivity contribution in [3.05, 3.63) is 53.7 Å². The Balaban J connectivity index is 1.48. The lowest BCUT2D eigenvalue weighted by atomic mass is 9.93. The summed E-state index contributed by atoms with van der Waals surface area (Å²) in [5.41, 5.74) is 3.77. The van der Waals surface area contributed by atoms with Crippen LogP contribution in [0.25, 0.3) is 5.52 Å². The van der Waals surface area contributed by atoms with Gasteiger partial charge in [0, 0.05) is 13.2 Å². The molecule has 0 aliphatic rings. The van der Waals surface area contributed by atoms with E-state index < -0.39 is 50.8 Å². The van der Waals surface area contributed by atoms with E-state index in [4.69, 9.17) is 29.5 Å². The topological polar surface area (TPSA) is 218 Å². The first-order valence-electron chi connectivity index (χ1n) is 19.9. The van der Waals surface area contributed by atoms with Crippen molar-refractivity contribution in [2.75, 3.05) is 26.1 Å². The smallest absolute Gasteiger partial charge is 0.472 e. The molecule has 56 heavy (non-hydrogen) atoms. The molecule has 1 aromatic carbocycles. The number of nitrogens with zero attached hydrogens (tertiary/aromatic N) is 5. The number of halogens is 1. The van der Waals surface area contributed by atoms with Gasteiger partial charge >= 0.3 is 7.82 Å². The zero-order chi connectivity index (χ0) is 40.8. The van der Waals surface area contributed by atoms with Crippen LogP contribution in [0.3, 0.4) is 0 Å². The summed E-state index contributed by atoms with van der Waals surface area (Å²) in [5.74, 6) is -0.541. The molecule has 3 rings (SSSR count). The SMILES string of the molecule is CCCCCCCCCCCCCCCCCCC[C@H](COP(=O)(O)OCC(C#N)(OC)[C@@H](O)[C@@H](O)c1ccc2c(N)ncnn12)Oc1ccc(C#N)c(F)c1. The Hall–Kier alpha value is -3.66. The molecule has 0 saturated heterocycles. The molecule has 14 nitrogen and oxygen atoms in total. The minimum Gasteiger partial charge on any atom is -0.488 e. The summed E-state index contributed by atoms with van der Waals surface area (Å²) in [7, 11) is -3.84. The van der Waals surface area contributed by atoms with E-state index in [9.17, 15) is 29.3 Å². The molecule has 0 bridgehead atoms. The average molecular weight is 803 g/mol. The number of rotatable bonds is 30. The second-order valence-corrected chi connectivity index (χ2v) is 15.7. The van der Waals surface area contributed by atoms with E-state index in [1.54, 1.807) is 12.1 Å². The van der Waals surface area contributed by atoms with E-state index in [0.29, 0.717) is 18.4 Å². The maximum Gasteiger partial charge on any atom is 0.472 e. The van der Waals surface area contributed by atoms with Crippen molar-refractivity contribution in [1.29, 1.82) is 10.5 Å². The van der Waals surface area contributed by atoms with Crippen LogP contribution in [-0.2, 0) is 18.3 Å². The monoisotopic (exact) mass is 802 g/mol. The molecule has 0 radical (unpaired) electrons. The summed E-state index contributed by atoms with van der Waals surface area (Å²) < 4.78 is 50.2. The number of aliphatic hydroxyl groups is 2. The second-order valence-electron chi connectivity index (χ2n) is 14.3. The zero-order valence-electron chi connectivity index (χ0n) is 32.9. The Kier molecular flexibility index (Phi) is 20.7. The first-order chi connectivity index (χ1) is 27.0. The normalized spacial score (nSPS) is 15.4. The Morgan fingerprint density at radius 2 is 1.50 bits per heavy atom. The number of benzene rings is 1. The predicted octanol–water partition coefficient (Wildman–Crippen LogP) is 8.25. The minimum atomic E-state index is -4.91. The van der Waals surface area contributed by atoms with E-state index in [1.165, 1.54) is 112 Å². The molecule has 0 aliphatic heterocycles. The van der Waals surface area contributed by atoms with Gasteiger partial charge < -0.3 is 30.3 Å². The van der Waals surface area contributed by atoms with Crippen molar-refractivity contribution in [3.8, 4) is 17.9 Å². The Labute approximate surface area is 330 Å². The number of hydrogen-bond acceptors (Lipinski definition) is 12. The molecule has 16 heteroatoms. The number of anilines is 1. The van der Waals surface area contributed by atoms with Gasteiger partial charge in [-0.25, -0.2) is 18.5 Å². The number of unbranched alkanes of at least 4 members (excludes halogenated alkanes) is 16. The van der Waals surface area contributed by atoms with E-state index in [0.717, 1.165) is 38.8 Å². The van der Waals surface area contributed by atoms with E-state index >= 15 is 0 Å². The van der Waals surface area contributed by atoms with Gasteiger partial charge in [-0.15, -0.1) is 0 Å². The Bertz CT molecular complexity index is 1730. The second kappa shape index (κ2) is 24.9. The van der Waals surface area contributed by atoms with Crippen LogP contribution in [0.5, 0.6) is 5.75 Å².